The van der Waals surface area contributed by atoms with Crippen LogP contribution in [-0.4, -0.2) is 11.8 Å². The Hall–Kier alpha value is -3.34. The molecule has 1 aliphatic rings. The Balaban J connectivity index is 1.59. The molecular weight excluding hydrogens is 328 g/mol. The summed E-state index contributed by atoms with van der Waals surface area (Å²) < 4.78 is 16.6. The van der Waals surface area contributed by atoms with Crippen LogP contribution >= 0.6 is 0 Å². The summed E-state index contributed by atoms with van der Waals surface area (Å²) in [4.78, 5) is 3.40. The van der Waals surface area contributed by atoms with Crippen LogP contribution in [0.3, 0.4) is 0 Å². The molecule has 1 aliphatic heterocycles. The molecule has 5 rings (SSSR count). The van der Waals surface area contributed by atoms with Crippen molar-refractivity contribution in [2.45, 2.75) is 13.0 Å². The van der Waals surface area contributed by atoms with Gasteiger partial charge in [0, 0.05) is 34.4 Å². The van der Waals surface area contributed by atoms with E-state index in [1.165, 1.54) is 10.9 Å². The van der Waals surface area contributed by atoms with Crippen molar-refractivity contribution in [1.82, 2.24) is 4.98 Å². The highest BCUT2D eigenvalue weighted by atomic mass is 16.7. The molecule has 2 aromatic carbocycles. The number of aryl methyl sites for hydroxylation is 1. The zero-order chi connectivity index (χ0) is 17.5. The number of aromatic nitrogens is 1. The lowest BCUT2D eigenvalue weighted by molar-refractivity contribution is 0.174. The molecule has 3 heterocycles. The number of H-pyrrole nitrogens is 1. The number of hydrogen-bond acceptors (Lipinski definition) is 4. The molecule has 4 aromatic rings. The van der Waals surface area contributed by atoms with Crippen molar-refractivity contribution in [3.8, 4) is 11.5 Å². The third-order valence-corrected chi connectivity index (χ3v) is 4.78. The van der Waals surface area contributed by atoms with Gasteiger partial charge in [-0.2, -0.15) is 0 Å². The predicted molar refractivity (Wildman–Crippen MR) is 99.8 cm³/mol. The highest BCUT2D eigenvalue weighted by Gasteiger charge is 2.22. The second-order valence-corrected chi connectivity index (χ2v) is 6.40. The minimum Gasteiger partial charge on any atom is -0.467 e. The summed E-state index contributed by atoms with van der Waals surface area (Å²) in [5.74, 6) is 2.38. The van der Waals surface area contributed by atoms with Gasteiger partial charge in [0.25, 0.3) is 0 Å². The van der Waals surface area contributed by atoms with Crippen LogP contribution in [0.5, 0.6) is 11.5 Å². The zero-order valence-corrected chi connectivity index (χ0v) is 14.3. The monoisotopic (exact) mass is 346 g/mol. The van der Waals surface area contributed by atoms with Crippen molar-refractivity contribution in [2.75, 3.05) is 12.1 Å². The number of para-hydroxylation sites is 1. The average molecular weight is 346 g/mol. The lowest BCUT2D eigenvalue weighted by Crippen LogP contribution is -2.11. The number of anilines is 1. The van der Waals surface area contributed by atoms with Crippen molar-refractivity contribution >= 4 is 16.6 Å². The second-order valence-electron chi connectivity index (χ2n) is 6.40. The molecule has 5 heteroatoms. The number of benzene rings is 2. The minimum atomic E-state index is -0.124. The molecule has 5 nitrogen and oxygen atoms in total. The number of rotatable bonds is 4. The van der Waals surface area contributed by atoms with E-state index in [1.54, 1.807) is 6.26 Å². The number of fused-ring (bicyclic) bond motifs is 2. The molecule has 0 amide bonds. The molecule has 26 heavy (non-hydrogen) atoms. The highest BCUT2D eigenvalue weighted by molar-refractivity contribution is 5.87. The summed E-state index contributed by atoms with van der Waals surface area (Å²) >= 11 is 0. The van der Waals surface area contributed by atoms with E-state index < -0.39 is 0 Å². The Morgan fingerprint density at radius 2 is 1.96 bits per heavy atom. The molecule has 0 saturated carbocycles. The van der Waals surface area contributed by atoms with Gasteiger partial charge in [-0.15, -0.1) is 0 Å². The lowest BCUT2D eigenvalue weighted by Gasteiger charge is -2.18. The van der Waals surface area contributed by atoms with Crippen molar-refractivity contribution in [1.29, 1.82) is 0 Å². The van der Waals surface area contributed by atoms with Crippen LogP contribution in [0.4, 0.5) is 5.69 Å². The maximum Gasteiger partial charge on any atom is 0.231 e. The number of furan rings is 1. The van der Waals surface area contributed by atoms with Gasteiger partial charge in [0.15, 0.2) is 11.5 Å². The van der Waals surface area contributed by atoms with Gasteiger partial charge in [0.05, 0.1) is 6.26 Å². The van der Waals surface area contributed by atoms with Crippen molar-refractivity contribution in [2.24, 2.45) is 0 Å². The van der Waals surface area contributed by atoms with Crippen LogP contribution in [0.25, 0.3) is 10.9 Å². The van der Waals surface area contributed by atoms with E-state index >= 15 is 0 Å². The predicted octanol–water partition coefficient (Wildman–Crippen LogP) is 5.00. The van der Waals surface area contributed by atoms with E-state index in [1.807, 2.05) is 36.5 Å². The molecule has 130 valence electrons. The fourth-order valence-corrected chi connectivity index (χ4v) is 3.48. The summed E-state index contributed by atoms with van der Waals surface area (Å²) in [6, 6.07) is 15.9. The Bertz CT molecular complexity index is 1070. The van der Waals surface area contributed by atoms with Crippen LogP contribution in [0.15, 0.2) is 65.4 Å². The van der Waals surface area contributed by atoms with Crippen LogP contribution < -0.4 is 14.8 Å². The van der Waals surface area contributed by atoms with Crippen LogP contribution in [0.2, 0.25) is 0 Å². The first-order chi connectivity index (χ1) is 12.8. The van der Waals surface area contributed by atoms with E-state index in [0.29, 0.717) is 0 Å². The number of hydrogen-bond donors (Lipinski definition) is 2. The van der Waals surface area contributed by atoms with E-state index in [-0.39, 0.29) is 12.8 Å². The Kier molecular flexibility index (Phi) is 3.38. The van der Waals surface area contributed by atoms with Gasteiger partial charge >= 0.3 is 0 Å². The Morgan fingerprint density at radius 1 is 1.04 bits per heavy atom. The van der Waals surface area contributed by atoms with E-state index in [2.05, 4.69) is 35.4 Å². The molecule has 0 saturated heterocycles. The molecule has 0 radical (unpaired) electrons. The molecule has 0 bridgehead atoms. The van der Waals surface area contributed by atoms with Gasteiger partial charge in [-0.1, -0.05) is 18.2 Å². The molecule has 2 aromatic heterocycles. The van der Waals surface area contributed by atoms with Crippen molar-refractivity contribution < 1.29 is 13.9 Å². The van der Waals surface area contributed by atoms with Gasteiger partial charge in [0.1, 0.15) is 11.8 Å². The summed E-state index contributed by atoms with van der Waals surface area (Å²) in [6.07, 6.45) is 3.74. The van der Waals surface area contributed by atoms with Crippen molar-refractivity contribution in [3.05, 3.63) is 77.9 Å². The van der Waals surface area contributed by atoms with Gasteiger partial charge in [0.2, 0.25) is 6.79 Å². The second kappa shape index (κ2) is 5.88. The zero-order valence-electron chi connectivity index (χ0n) is 14.3. The lowest BCUT2D eigenvalue weighted by atomic mass is 10.0. The van der Waals surface area contributed by atoms with Crippen LogP contribution in [0.1, 0.15) is 22.9 Å². The first-order valence-corrected chi connectivity index (χ1v) is 8.56. The molecule has 0 spiro atoms. The summed E-state index contributed by atoms with van der Waals surface area (Å²) in [7, 11) is 0. The molecule has 2 N–H and O–H groups in total. The molecule has 0 fully saturated rings. The van der Waals surface area contributed by atoms with Crippen LogP contribution in [0, 0.1) is 6.92 Å². The molecule has 1 atom stereocenters. The normalized spacial score (nSPS) is 13.9. The van der Waals surface area contributed by atoms with Crippen molar-refractivity contribution in [3.63, 3.8) is 0 Å². The number of ether oxygens (including phenoxy) is 2. The van der Waals surface area contributed by atoms with Crippen LogP contribution in [-0.2, 0) is 0 Å². The first-order valence-electron chi connectivity index (χ1n) is 8.56. The maximum atomic E-state index is 5.73. The average Bonchev–Trinajstić information content (AvgIpc) is 3.40. The van der Waals surface area contributed by atoms with E-state index in [9.17, 15) is 0 Å². The molecule has 1 unspecified atom stereocenters. The number of nitrogens with one attached hydrogen (secondary N) is 2. The SMILES string of the molecule is Cc1cccc2c(C(Nc3ccc4c(c3)OCO4)c3ccco3)c[nH]c12. The third-order valence-electron chi connectivity index (χ3n) is 4.78. The maximum absolute atomic E-state index is 5.73. The third kappa shape index (κ3) is 2.40. The summed E-state index contributed by atoms with van der Waals surface area (Å²) in [5.41, 5.74) is 4.44. The van der Waals surface area contributed by atoms with E-state index in [0.717, 1.165) is 34.0 Å². The molecule has 0 aliphatic carbocycles. The quantitative estimate of drug-likeness (QED) is 0.546. The fourth-order valence-electron chi connectivity index (χ4n) is 3.48. The van der Waals surface area contributed by atoms with Gasteiger partial charge in [-0.25, -0.2) is 0 Å². The topological polar surface area (TPSA) is 59.4 Å². The van der Waals surface area contributed by atoms with Gasteiger partial charge in [-0.3, -0.25) is 0 Å². The number of aromatic amines is 1. The van der Waals surface area contributed by atoms with Gasteiger partial charge in [-0.05, 0) is 36.8 Å². The first kappa shape index (κ1) is 15.0. The summed E-state index contributed by atoms with van der Waals surface area (Å²) in [6.45, 7) is 2.37. The fraction of sp³-hybridized carbons (Fsp3) is 0.143. The smallest absolute Gasteiger partial charge is 0.231 e. The van der Waals surface area contributed by atoms with Gasteiger partial charge < -0.3 is 24.2 Å². The summed E-state index contributed by atoms with van der Waals surface area (Å²) in [5, 5.41) is 4.76. The molecular formula is C21H18N2O3. The Labute approximate surface area is 150 Å². The Morgan fingerprint density at radius 3 is 2.85 bits per heavy atom. The highest BCUT2D eigenvalue weighted by Crippen LogP contribution is 2.37. The largest absolute Gasteiger partial charge is 0.467 e. The standard InChI is InChI=1S/C21H18N2O3/c1-13-4-2-5-15-16(11-22-20(13)15)21(18-6-3-9-24-18)23-14-7-8-17-19(10-14)26-12-25-17/h2-11,21-23H,12H2,1H3. The van der Waals surface area contributed by atoms with E-state index in [4.69, 9.17) is 13.9 Å². The minimum absolute atomic E-state index is 0.124.